The number of methoxy groups -OCH3 is 1. The molecule has 0 aliphatic rings. The zero-order chi connectivity index (χ0) is 12.1. The largest absolute Gasteiger partial charge is 0.468 e. The summed E-state index contributed by atoms with van der Waals surface area (Å²) < 4.78 is 33.7. The van der Waals surface area contributed by atoms with E-state index in [1.807, 2.05) is 0 Å². The summed E-state index contributed by atoms with van der Waals surface area (Å²) in [6.07, 6.45) is 0.149. The predicted octanol–water partition coefficient (Wildman–Crippen LogP) is -0.998. The number of carbonyl (C=O) groups is 1. The molecule has 0 aromatic carbocycles. The number of hydrazine groups is 1. The van der Waals surface area contributed by atoms with E-state index in [-0.39, 0.29) is 18.7 Å². The van der Waals surface area contributed by atoms with Gasteiger partial charge in [0.15, 0.2) is 0 Å². The lowest BCUT2D eigenvalue weighted by Crippen LogP contribution is -2.45. The van der Waals surface area contributed by atoms with Crippen molar-refractivity contribution in [3.8, 4) is 0 Å². The van der Waals surface area contributed by atoms with Crippen LogP contribution in [0.4, 0.5) is 0 Å². The van der Waals surface area contributed by atoms with Gasteiger partial charge in [0.25, 0.3) is 10.1 Å². The van der Waals surface area contributed by atoms with Crippen molar-refractivity contribution in [3.63, 3.8) is 0 Å². The van der Waals surface area contributed by atoms with Gasteiger partial charge in [-0.2, -0.15) is 8.42 Å². The van der Waals surface area contributed by atoms with Gasteiger partial charge >= 0.3 is 5.97 Å². The molecule has 0 saturated carbocycles. The number of hydrogen-bond donors (Lipinski definition) is 2. The predicted molar refractivity (Wildman–Crippen MR) is 53.4 cm³/mol. The molecule has 0 heterocycles. The first kappa shape index (κ1) is 14.3. The van der Waals surface area contributed by atoms with Crippen LogP contribution < -0.4 is 5.84 Å². The molecule has 15 heavy (non-hydrogen) atoms. The Morgan fingerprint density at radius 2 is 2.13 bits per heavy atom. The second kappa shape index (κ2) is 6.01. The van der Waals surface area contributed by atoms with Crippen molar-refractivity contribution in [2.24, 2.45) is 5.84 Å². The first-order valence-corrected chi connectivity index (χ1v) is 5.93. The van der Waals surface area contributed by atoms with Crippen LogP contribution >= 0.6 is 0 Å². The molecule has 0 rings (SSSR count). The van der Waals surface area contributed by atoms with Crippen LogP contribution in [0.3, 0.4) is 0 Å². The zero-order valence-corrected chi connectivity index (χ0v) is 9.53. The van der Waals surface area contributed by atoms with Gasteiger partial charge < -0.3 is 4.74 Å². The Morgan fingerprint density at radius 3 is 2.53 bits per heavy atom. The van der Waals surface area contributed by atoms with Crippen molar-refractivity contribution in [2.75, 3.05) is 19.4 Å². The van der Waals surface area contributed by atoms with Gasteiger partial charge in [0.2, 0.25) is 0 Å². The maximum atomic E-state index is 11.0. The van der Waals surface area contributed by atoms with Gasteiger partial charge in [-0.05, 0) is 13.3 Å². The van der Waals surface area contributed by atoms with Gasteiger partial charge in [-0.15, -0.1) is 0 Å². The number of esters is 1. The standard InChI is InChI=1S/C7H16N2O5S/c1-6(7(10)14-2)9(8)4-3-5-15(11,12)13/h6H,3-5,8H2,1-2H3,(H,11,12,13). The summed E-state index contributed by atoms with van der Waals surface area (Å²) in [5.74, 6) is 4.60. The summed E-state index contributed by atoms with van der Waals surface area (Å²) >= 11 is 0. The fraction of sp³-hybridized carbons (Fsp3) is 0.857. The molecule has 0 fully saturated rings. The van der Waals surface area contributed by atoms with Gasteiger partial charge in [0.05, 0.1) is 12.9 Å². The van der Waals surface area contributed by atoms with Crippen molar-refractivity contribution in [3.05, 3.63) is 0 Å². The molecule has 0 aliphatic carbocycles. The van der Waals surface area contributed by atoms with E-state index in [4.69, 9.17) is 10.4 Å². The lowest BCUT2D eigenvalue weighted by molar-refractivity contribution is -0.146. The molecule has 0 aromatic rings. The minimum atomic E-state index is -3.97. The molecular formula is C7H16N2O5S. The molecule has 0 amide bonds. The van der Waals surface area contributed by atoms with Gasteiger partial charge in [-0.1, -0.05) is 0 Å². The van der Waals surface area contributed by atoms with Crippen LogP contribution in [0, 0.1) is 0 Å². The van der Waals surface area contributed by atoms with Crippen molar-refractivity contribution in [2.45, 2.75) is 19.4 Å². The summed E-state index contributed by atoms with van der Waals surface area (Å²) in [5, 5.41) is 1.16. The Hall–Kier alpha value is -0.700. The van der Waals surface area contributed by atoms with E-state index in [0.29, 0.717) is 0 Å². The number of nitrogens with two attached hydrogens (primary N) is 1. The lowest BCUT2D eigenvalue weighted by atomic mass is 10.3. The highest BCUT2D eigenvalue weighted by molar-refractivity contribution is 7.85. The third kappa shape index (κ3) is 6.39. The highest BCUT2D eigenvalue weighted by Crippen LogP contribution is 1.98. The summed E-state index contributed by atoms with van der Waals surface area (Å²) in [7, 11) is -2.73. The topological polar surface area (TPSA) is 110 Å². The first-order chi connectivity index (χ1) is 6.78. The molecule has 8 heteroatoms. The SMILES string of the molecule is COC(=O)C(C)N(N)CCCS(=O)(=O)O. The second-order valence-electron chi connectivity index (χ2n) is 3.08. The smallest absolute Gasteiger partial charge is 0.324 e. The van der Waals surface area contributed by atoms with E-state index < -0.39 is 22.1 Å². The lowest BCUT2D eigenvalue weighted by Gasteiger charge is -2.21. The van der Waals surface area contributed by atoms with Crippen LogP contribution in [0.5, 0.6) is 0 Å². The highest BCUT2D eigenvalue weighted by Gasteiger charge is 2.19. The molecule has 7 nitrogen and oxygen atoms in total. The van der Waals surface area contributed by atoms with E-state index in [0.717, 1.165) is 5.01 Å². The van der Waals surface area contributed by atoms with E-state index in [9.17, 15) is 13.2 Å². The van der Waals surface area contributed by atoms with Gasteiger partial charge in [-0.25, -0.2) is 5.01 Å². The normalized spacial score (nSPS) is 13.9. The Bertz CT molecular complexity index is 303. The average Bonchev–Trinajstić information content (AvgIpc) is 2.13. The van der Waals surface area contributed by atoms with Gasteiger partial charge in [-0.3, -0.25) is 15.2 Å². The molecule has 0 spiro atoms. The van der Waals surface area contributed by atoms with Crippen LogP contribution in [0.25, 0.3) is 0 Å². The number of hydrogen-bond acceptors (Lipinski definition) is 6. The molecule has 90 valence electrons. The third-order valence-electron chi connectivity index (χ3n) is 1.86. The molecule has 0 radical (unpaired) electrons. The molecular weight excluding hydrogens is 224 g/mol. The zero-order valence-electron chi connectivity index (χ0n) is 8.71. The molecule has 0 aromatic heterocycles. The quantitative estimate of drug-likeness (QED) is 0.265. The number of carbonyl (C=O) groups excluding carboxylic acids is 1. The van der Waals surface area contributed by atoms with E-state index in [1.165, 1.54) is 7.11 Å². The van der Waals surface area contributed by atoms with Crippen molar-refractivity contribution in [1.82, 2.24) is 5.01 Å². The second-order valence-corrected chi connectivity index (χ2v) is 4.65. The van der Waals surface area contributed by atoms with Crippen LogP contribution in [0.15, 0.2) is 0 Å². The fourth-order valence-electron chi connectivity index (χ4n) is 0.929. The fourth-order valence-corrected chi connectivity index (χ4v) is 1.42. The van der Waals surface area contributed by atoms with Crippen molar-refractivity contribution in [1.29, 1.82) is 0 Å². The number of rotatable bonds is 6. The summed E-state index contributed by atoms with van der Waals surface area (Å²) in [6, 6.07) is -0.642. The molecule has 0 saturated heterocycles. The molecule has 1 unspecified atom stereocenters. The van der Waals surface area contributed by atoms with Crippen molar-refractivity contribution < 1.29 is 22.5 Å². The highest BCUT2D eigenvalue weighted by atomic mass is 32.2. The summed E-state index contributed by atoms with van der Waals surface area (Å²) in [6.45, 7) is 1.72. The van der Waals surface area contributed by atoms with E-state index in [1.54, 1.807) is 6.92 Å². The Balaban J connectivity index is 3.94. The summed E-state index contributed by atoms with van der Waals surface area (Å²) in [5.41, 5.74) is 0. The minimum absolute atomic E-state index is 0.149. The van der Waals surface area contributed by atoms with Crippen LogP contribution in [0.1, 0.15) is 13.3 Å². The van der Waals surface area contributed by atoms with E-state index >= 15 is 0 Å². The minimum Gasteiger partial charge on any atom is -0.468 e. The number of nitrogens with zero attached hydrogens (tertiary/aromatic N) is 1. The van der Waals surface area contributed by atoms with Crippen molar-refractivity contribution >= 4 is 16.1 Å². The molecule has 0 bridgehead atoms. The van der Waals surface area contributed by atoms with Crippen LogP contribution in [-0.2, 0) is 19.6 Å². The van der Waals surface area contributed by atoms with Gasteiger partial charge in [0, 0.05) is 6.54 Å². The number of ether oxygens (including phenoxy) is 1. The summed E-state index contributed by atoms with van der Waals surface area (Å²) in [4.78, 5) is 11.0. The van der Waals surface area contributed by atoms with Gasteiger partial charge in [0.1, 0.15) is 6.04 Å². The first-order valence-electron chi connectivity index (χ1n) is 4.32. The maximum Gasteiger partial charge on any atom is 0.324 e. The Kier molecular flexibility index (Phi) is 5.73. The molecule has 3 N–H and O–H groups in total. The van der Waals surface area contributed by atoms with Crippen LogP contribution in [0.2, 0.25) is 0 Å². The Morgan fingerprint density at radius 1 is 1.60 bits per heavy atom. The maximum absolute atomic E-state index is 11.0. The van der Waals surface area contributed by atoms with Crippen LogP contribution in [-0.4, -0.2) is 49.4 Å². The Labute approximate surface area is 88.9 Å². The van der Waals surface area contributed by atoms with E-state index in [2.05, 4.69) is 4.74 Å². The third-order valence-corrected chi connectivity index (χ3v) is 2.66. The average molecular weight is 240 g/mol. The monoisotopic (exact) mass is 240 g/mol. The molecule has 0 aliphatic heterocycles. The molecule has 1 atom stereocenters.